The number of ether oxygens (including phenoxy) is 3. The predicted molar refractivity (Wildman–Crippen MR) is 253 cm³/mol. The number of pyridine rings is 1. The normalized spacial score (nSPS) is 22.7. The van der Waals surface area contributed by atoms with Gasteiger partial charge in [-0.25, -0.2) is 15.2 Å². The van der Waals surface area contributed by atoms with Crippen LogP contribution in [-0.2, 0) is 52.8 Å². The molecule has 1 aromatic carbocycles. The Kier molecular flexibility index (Phi) is 14.7. The molecule has 5 amide bonds. The standard InChI is InChI=1S/C50H62F3N9O9/c1-9-41(63)60-18-19-69-39-25-59(24-37(39)60)48(67)58(7)43(28(2)3)45(64)56-35-21-40-55-23-38(71-40)30-14-15-36-32(20-30)33(22-49(5,6)27-70-47(66)34-13-11-17-62(57-34)46(35)65)44(61(36)26-50(51,52)53)31-12-10-16-54-42(31)29(4)68-8/h9-10,12,14-16,20,23,28-29,34-35,37,39,43,57H,1,11,13,17-19,21-22,24-27H2,2-8H3,(H,56,64)/t29-,34-,35-,37+,39-,43-/m0/s1. The molecule has 3 fully saturated rings. The van der Waals surface area contributed by atoms with Gasteiger partial charge in [-0.2, -0.15) is 13.2 Å². The Morgan fingerprint density at radius 1 is 1.11 bits per heavy atom. The minimum absolute atomic E-state index is 0.0573. The van der Waals surface area contributed by atoms with Gasteiger partial charge in [0.25, 0.3) is 5.91 Å². The van der Waals surface area contributed by atoms with Crippen LogP contribution >= 0.6 is 0 Å². The van der Waals surface area contributed by atoms with E-state index in [1.165, 1.54) is 40.9 Å². The van der Waals surface area contributed by atoms with Crippen LogP contribution in [0, 0.1) is 11.3 Å². The first-order chi connectivity index (χ1) is 33.7. The summed E-state index contributed by atoms with van der Waals surface area (Å²) in [6.45, 7) is 12.5. The molecule has 18 nitrogen and oxygen atoms in total. The molecule has 3 saturated heterocycles. The Balaban J connectivity index is 1.16. The molecule has 0 spiro atoms. The number of morpholine rings is 1. The second-order valence-electron chi connectivity index (χ2n) is 19.9. The summed E-state index contributed by atoms with van der Waals surface area (Å²) < 4.78 is 69.1. The number of halogens is 3. The molecular weight excluding hydrogens is 928 g/mol. The van der Waals surface area contributed by atoms with Crippen molar-refractivity contribution in [2.24, 2.45) is 11.3 Å². The van der Waals surface area contributed by atoms with Crippen molar-refractivity contribution >= 4 is 40.6 Å². The van der Waals surface area contributed by atoms with Crippen molar-refractivity contribution in [3.8, 4) is 22.6 Å². The van der Waals surface area contributed by atoms with Gasteiger partial charge in [-0.3, -0.25) is 29.2 Å². The lowest BCUT2D eigenvalue weighted by Crippen LogP contribution is -2.62. The SMILES string of the molecule is C=CC(=O)N1CCO[C@H]2CN(C(=O)N(C)[C@H](C(=O)N[C@H]3Cc4ncc(o4)-c4ccc5c(c4)c(c(-c4cccnc4[C@H](C)OC)n5CC(F)(F)F)CC(C)(C)COC(=O)[C@@H]4CCCN(N4)C3=O)C(C)C)C[C@H]21. The van der Waals surface area contributed by atoms with Crippen molar-refractivity contribution in [3.63, 3.8) is 0 Å². The van der Waals surface area contributed by atoms with E-state index in [1.807, 2.05) is 13.8 Å². The molecule has 7 heterocycles. The second kappa shape index (κ2) is 20.4. The van der Waals surface area contributed by atoms with E-state index in [0.29, 0.717) is 65.0 Å². The van der Waals surface area contributed by atoms with Crippen LogP contribution in [0.25, 0.3) is 33.5 Å². The Morgan fingerprint density at radius 2 is 1.89 bits per heavy atom. The largest absolute Gasteiger partial charge is 0.464 e. The number of amides is 5. The van der Waals surface area contributed by atoms with Crippen molar-refractivity contribution in [1.82, 2.24) is 45.0 Å². The molecule has 8 rings (SSSR count). The van der Waals surface area contributed by atoms with Gasteiger partial charge in [0.15, 0.2) is 11.7 Å². The number of oxazole rings is 1. The number of nitrogens with zero attached hydrogens (tertiary/aromatic N) is 7. The predicted octanol–water partition coefficient (Wildman–Crippen LogP) is 5.45. The number of fused-ring (bicyclic) bond motifs is 7. The zero-order chi connectivity index (χ0) is 51.1. The number of urea groups is 1. The molecule has 4 aliphatic rings. The summed E-state index contributed by atoms with van der Waals surface area (Å²) in [4.78, 5) is 83.5. The lowest BCUT2D eigenvalue weighted by molar-refractivity contribution is -0.155. The maximum atomic E-state index is 14.7. The molecule has 3 aromatic heterocycles. The number of rotatable bonds is 9. The van der Waals surface area contributed by atoms with Gasteiger partial charge in [0, 0.05) is 67.4 Å². The molecule has 2 N–H and O–H groups in total. The van der Waals surface area contributed by atoms with E-state index in [1.54, 1.807) is 67.1 Å². The maximum absolute atomic E-state index is 14.7. The van der Waals surface area contributed by atoms with Crippen molar-refractivity contribution in [2.75, 3.05) is 53.6 Å². The highest BCUT2D eigenvalue weighted by Crippen LogP contribution is 2.43. The van der Waals surface area contributed by atoms with Gasteiger partial charge in [-0.1, -0.05) is 34.3 Å². The average molecular weight is 990 g/mol. The first kappa shape index (κ1) is 51.0. The zero-order valence-corrected chi connectivity index (χ0v) is 41.1. The van der Waals surface area contributed by atoms with Crippen molar-refractivity contribution < 1.29 is 55.8 Å². The van der Waals surface area contributed by atoms with Crippen molar-refractivity contribution in [1.29, 1.82) is 0 Å². The van der Waals surface area contributed by atoms with Gasteiger partial charge >= 0.3 is 18.2 Å². The summed E-state index contributed by atoms with van der Waals surface area (Å²) >= 11 is 0. The van der Waals surface area contributed by atoms with E-state index in [4.69, 9.17) is 18.6 Å². The van der Waals surface area contributed by atoms with Gasteiger partial charge in [-0.05, 0) is 74.1 Å². The number of hydrazine groups is 1. The number of benzene rings is 1. The highest BCUT2D eigenvalue weighted by Gasteiger charge is 2.46. The molecule has 0 saturated carbocycles. The molecule has 71 heavy (non-hydrogen) atoms. The van der Waals surface area contributed by atoms with Crippen LogP contribution in [0.3, 0.4) is 0 Å². The highest BCUT2D eigenvalue weighted by atomic mass is 19.4. The smallest absolute Gasteiger partial charge is 0.406 e. The second-order valence-corrected chi connectivity index (χ2v) is 19.9. The van der Waals surface area contributed by atoms with E-state index in [0.717, 1.165) is 0 Å². The third-order valence-electron chi connectivity index (χ3n) is 13.8. The van der Waals surface area contributed by atoms with E-state index in [2.05, 4.69) is 27.3 Å². The monoisotopic (exact) mass is 989 g/mol. The van der Waals surface area contributed by atoms with Crippen LogP contribution < -0.4 is 10.7 Å². The number of carbonyl (C=O) groups is 5. The van der Waals surface area contributed by atoms with Gasteiger partial charge in [-0.15, -0.1) is 0 Å². The third kappa shape index (κ3) is 10.7. The Hall–Kier alpha value is -6.32. The number of alkyl halides is 3. The number of esters is 1. The number of likely N-dealkylation sites (tertiary alicyclic amines) is 1. The van der Waals surface area contributed by atoms with E-state index in [-0.39, 0.29) is 62.7 Å². The van der Waals surface area contributed by atoms with E-state index >= 15 is 0 Å². The molecule has 4 aliphatic heterocycles. The quantitative estimate of drug-likeness (QED) is 0.159. The lowest BCUT2D eigenvalue weighted by Gasteiger charge is -2.37. The van der Waals surface area contributed by atoms with E-state index in [9.17, 15) is 37.1 Å². The van der Waals surface area contributed by atoms with Gasteiger partial charge in [0.05, 0.1) is 62.0 Å². The van der Waals surface area contributed by atoms with Crippen LogP contribution in [0.1, 0.15) is 70.7 Å². The van der Waals surface area contributed by atoms with Gasteiger partial charge in [0.1, 0.15) is 24.7 Å². The number of nitrogens with one attached hydrogen (secondary N) is 2. The van der Waals surface area contributed by atoms with Crippen LogP contribution in [-0.4, -0.2) is 154 Å². The van der Waals surface area contributed by atoms with Crippen LogP contribution in [0.2, 0.25) is 0 Å². The number of likely N-dealkylation sites (N-methyl/N-ethyl adjacent to an activating group) is 1. The summed E-state index contributed by atoms with van der Waals surface area (Å²) in [5.74, 6) is -2.26. The number of aromatic nitrogens is 3. The Labute approximate surface area is 409 Å². The Bertz CT molecular complexity index is 2680. The topological polar surface area (TPSA) is 194 Å². The molecule has 4 aromatic rings. The van der Waals surface area contributed by atoms with E-state index < -0.39 is 78.2 Å². The average Bonchev–Trinajstić information content (AvgIpc) is 4.07. The fourth-order valence-electron chi connectivity index (χ4n) is 10.3. The maximum Gasteiger partial charge on any atom is 0.406 e. The summed E-state index contributed by atoms with van der Waals surface area (Å²) in [6.07, 6.45) is -0.711. The number of hydrogen-bond acceptors (Lipinski definition) is 12. The summed E-state index contributed by atoms with van der Waals surface area (Å²) in [6, 6.07) is 4.17. The fourth-order valence-corrected chi connectivity index (χ4v) is 10.3. The highest BCUT2D eigenvalue weighted by molar-refractivity contribution is 5.95. The van der Waals surface area contributed by atoms with Crippen LogP contribution in [0.15, 0.2) is 59.8 Å². The summed E-state index contributed by atoms with van der Waals surface area (Å²) in [5, 5.41) is 4.66. The number of hydrogen-bond donors (Lipinski definition) is 2. The minimum atomic E-state index is -4.62. The summed E-state index contributed by atoms with van der Waals surface area (Å²) in [5.41, 5.74) is 4.69. The zero-order valence-electron chi connectivity index (χ0n) is 41.1. The van der Waals surface area contributed by atoms with Gasteiger partial charge < -0.3 is 43.2 Å². The number of methoxy groups -OCH3 is 1. The third-order valence-corrected chi connectivity index (χ3v) is 13.8. The molecule has 6 atom stereocenters. The van der Waals surface area contributed by atoms with Crippen LogP contribution in [0.4, 0.5) is 18.0 Å². The molecular formula is C50H62F3N9O9. The number of carbonyl (C=O) groups excluding carboxylic acids is 5. The van der Waals surface area contributed by atoms with Crippen molar-refractivity contribution in [3.05, 3.63) is 72.5 Å². The molecule has 6 bridgehead atoms. The first-order valence-corrected chi connectivity index (χ1v) is 23.9. The molecule has 382 valence electrons. The summed E-state index contributed by atoms with van der Waals surface area (Å²) in [7, 11) is 3.01. The van der Waals surface area contributed by atoms with Gasteiger partial charge in [0.2, 0.25) is 11.8 Å². The fraction of sp³-hybridized carbons (Fsp3) is 0.540. The molecule has 0 radical (unpaired) electrons. The number of cyclic esters (lactones) is 1. The molecule has 0 aliphatic carbocycles. The van der Waals surface area contributed by atoms with Crippen LogP contribution in [0.5, 0.6) is 0 Å². The molecule has 21 heteroatoms. The van der Waals surface area contributed by atoms with Crippen molar-refractivity contribution in [2.45, 2.75) is 109 Å². The minimum Gasteiger partial charge on any atom is -0.464 e. The molecule has 0 unspecified atom stereocenters. The first-order valence-electron chi connectivity index (χ1n) is 23.9. The Morgan fingerprint density at radius 3 is 2.61 bits per heavy atom. The lowest BCUT2D eigenvalue weighted by atomic mass is 9.84.